The Labute approximate surface area is 126 Å². The summed E-state index contributed by atoms with van der Waals surface area (Å²) < 4.78 is 0. The van der Waals surface area contributed by atoms with E-state index in [0.29, 0.717) is 24.2 Å². The maximum absolute atomic E-state index is 11.9. The first-order valence-corrected chi connectivity index (χ1v) is 7.34. The summed E-state index contributed by atoms with van der Waals surface area (Å²) in [7, 11) is 0. The zero-order chi connectivity index (χ0) is 16.0. The molecule has 1 amide bonds. The van der Waals surface area contributed by atoms with Crippen LogP contribution in [0.4, 0.5) is 11.4 Å². The van der Waals surface area contributed by atoms with Crippen LogP contribution in [0.3, 0.4) is 0 Å². The van der Waals surface area contributed by atoms with E-state index in [1.54, 1.807) is 18.2 Å². The number of carbonyl (C=O) groups is 1. The SMILES string of the molecule is CCNC(=O)c1ccc(N)c(NC(CCO)C(C)(C)C)c1. The molecule has 0 saturated carbocycles. The van der Waals surface area contributed by atoms with Gasteiger partial charge in [0.05, 0.1) is 11.4 Å². The molecule has 5 heteroatoms. The van der Waals surface area contributed by atoms with Crippen molar-refractivity contribution in [3.63, 3.8) is 0 Å². The Hall–Kier alpha value is -1.75. The van der Waals surface area contributed by atoms with Crippen molar-refractivity contribution in [3.05, 3.63) is 23.8 Å². The van der Waals surface area contributed by atoms with Crippen molar-refractivity contribution in [2.45, 2.75) is 40.2 Å². The van der Waals surface area contributed by atoms with Crippen molar-refractivity contribution >= 4 is 17.3 Å². The average molecular weight is 293 g/mol. The normalized spacial score (nSPS) is 12.8. The number of nitrogens with one attached hydrogen (secondary N) is 2. The van der Waals surface area contributed by atoms with Crippen LogP contribution in [0.1, 0.15) is 44.5 Å². The largest absolute Gasteiger partial charge is 0.397 e. The summed E-state index contributed by atoms with van der Waals surface area (Å²) in [5, 5.41) is 15.4. The number of rotatable bonds is 6. The summed E-state index contributed by atoms with van der Waals surface area (Å²) in [4.78, 5) is 11.9. The molecular formula is C16H27N3O2. The number of anilines is 2. The highest BCUT2D eigenvalue weighted by molar-refractivity contribution is 5.96. The van der Waals surface area contributed by atoms with E-state index < -0.39 is 0 Å². The molecule has 1 atom stereocenters. The minimum Gasteiger partial charge on any atom is -0.397 e. The number of nitrogen functional groups attached to an aromatic ring is 1. The van der Waals surface area contributed by atoms with Crippen molar-refractivity contribution in [1.29, 1.82) is 0 Å². The lowest BCUT2D eigenvalue weighted by atomic mass is 9.84. The number of benzene rings is 1. The van der Waals surface area contributed by atoms with Crippen molar-refractivity contribution < 1.29 is 9.90 Å². The molecule has 0 fully saturated rings. The molecule has 21 heavy (non-hydrogen) atoms. The molecule has 0 heterocycles. The first-order valence-electron chi connectivity index (χ1n) is 7.34. The van der Waals surface area contributed by atoms with Crippen molar-refractivity contribution in [1.82, 2.24) is 5.32 Å². The van der Waals surface area contributed by atoms with Gasteiger partial charge in [0.25, 0.3) is 5.91 Å². The number of amides is 1. The summed E-state index contributed by atoms with van der Waals surface area (Å²) in [6, 6.07) is 5.26. The third-order valence-electron chi connectivity index (χ3n) is 3.45. The van der Waals surface area contributed by atoms with E-state index in [0.717, 1.165) is 5.69 Å². The van der Waals surface area contributed by atoms with Gasteiger partial charge in [-0.1, -0.05) is 20.8 Å². The van der Waals surface area contributed by atoms with Crippen LogP contribution < -0.4 is 16.4 Å². The number of aliphatic hydroxyl groups excluding tert-OH is 1. The van der Waals surface area contributed by atoms with Crippen molar-refractivity contribution in [2.24, 2.45) is 5.41 Å². The van der Waals surface area contributed by atoms with E-state index in [4.69, 9.17) is 5.73 Å². The molecule has 5 nitrogen and oxygen atoms in total. The van der Waals surface area contributed by atoms with Gasteiger partial charge in [0.1, 0.15) is 0 Å². The van der Waals surface area contributed by atoms with Gasteiger partial charge in [-0.3, -0.25) is 4.79 Å². The van der Waals surface area contributed by atoms with Crippen LogP contribution in [0.2, 0.25) is 0 Å². The predicted octanol–water partition coefficient (Wildman–Crippen LogP) is 2.23. The van der Waals surface area contributed by atoms with Crippen LogP contribution in [0.15, 0.2) is 18.2 Å². The van der Waals surface area contributed by atoms with Crippen LogP contribution in [-0.2, 0) is 0 Å². The summed E-state index contributed by atoms with van der Waals surface area (Å²) in [5.74, 6) is -0.116. The molecule has 0 aliphatic carbocycles. The molecule has 1 unspecified atom stereocenters. The van der Waals surface area contributed by atoms with Gasteiger partial charge in [-0.05, 0) is 37.0 Å². The monoisotopic (exact) mass is 293 g/mol. The molecule has 0 aromatic heterocycles. The molecule has 1 rings (SSSR count). The number of hydrogen-bond acceptors (Lipinski definition) is 4. The highest BCUT2D eigenvalue weighted by atomic mass is 16.3. The standard InChI is InChI=1S/C16H27N3O2/c1-5-18-15(21)11-6-7-12(17)13(10-11)19-14(8-9-20)16(2,3)4/h6-7,10,14,19-20H,5,8-9,17H2,1-4H3,(H,18,21). The Morgan fingerprint density at radius 1 is 1.38 bits per heavy atom. The third kappa shape index (κ3) is 4.93. The fourth-order valence-corrected chi connectivity index (χ4v) is 2.12. The van der Waals surface area contributed by atoms with Crippen LogP contribution in [0, 0.1) is 5.41 Å². The summed E-state index contributed by atoms with van der Waals surface area (Å²) in [6.45, 7) is 8.87. The number of carbonyl (C=O) groups excluding carboxylic acids is 1. The van der Waals surface area contributed by atoms with Gasteiger partial charge < -0.3 is 21.5 Å². The molecule has 1 aromatic rings. The van der Waals surface area contributed by atoms with Crippen molar-refractivity contribution in [2.75, 3.05) is 24.2 Å². The highest BCUT2D eigenvalue weighted by Gasteiger charge is 2.24. The fourth-order valence-electron chi connectivity index (χ4n) is 2.12. The van der Waals surface area contributed by atoms with E-state index in [1.165, 1.54) is 0 Å². The second kappa shape index (κ2) is 7.31. The second-order valence-electron chi connectivity index (χ2n) is 6.24. The van der Waals surface area contributed by atoms with Crippen LogP contribution in [-0.4, -0.2) is 30.2 Å². The molecule has 0 aliphatic heterocycles. The minimum atomic E-state index is -0.116. The molecular weight excluding hydrogens is 266 g/mol. The lowest BCUT2D eigenvalue weighted by Crippen LogP contribution is -2.35. The van der Waals surface area contributed by atoms with Gasteiger partial charge in [0, 0.05) is 24.8 Å². The molecule has 0 spiro atoms. The molecule has 5 N–H and O–H groups in total. The smallest absolute Gasteiger partial charge is 0.251 e. The van der Waals surface area contributed by atoms with E-state index >= 15 is 0 Å². The van der Waals surface area contributed by atoms with Crippen molar-refractivity contribution in [3.8, 4) is 0 Å². The first kappa shape index (κ1) is 17.3. The maximum Gasteiger partial charge on any atom is 0.251 e. The summed E-state index contributed by atoms with van der Waals surface area (Å²) in [5.41, 5.74) is 7.86. The topological polar surface area (TPSA) is 87.4 Å². The molecule has 0 aliphatic rings. The van der Waals surface area contributed by atoms with Gasteiger partial charge in [0.15, 0.2) is 0 Å². The lowest BCUT2D eigenvalue weighted by molar-refractivity contribution is 0.0956. The average Bonchev–Trinajstić information content (AvgIpc) is 2.39. The zero-order valence-corrected chi connectivity index (χ0v) is 13.4. The number of hydrogen-bond donors (Lipinski definition) is 4. The second-order valence-corrected chi connectivity index (χ2v) is 6.24. The highest BCUT2D eigenvalue weighted by Crippen LogP contribution is 2.28. The Morgan fingerprint density at radius 2 is 2.05 bits per heavy atom. The molecule has 1 aromatic carbocycles. The summed E-state index contributed by atoms with van der Waals surface area (Å²) >= 11 is 0. The quantitative estimate of drug-likeness (QED) is 0.606. The van der Waals surface area contributed by atoms with Gasteiger partial charge >= 0.3 is 0 Å². The zero-order valence-electron chi connectivity index (χ0n) is 13.4. The Balaban J connectivity index is 3.00. The Kier molecular flexibility index (Phi) is 6.03. The molecule has 0 saturated heterocycles. The minimum absolute atomic E-state index is 0.0309. The summed E-state index contributed by atoms with van der Waals surface area (Å²) in [6.07, 6.45) is 0.619. The molecule has 0 radical (unpaired) electrons. The lowest BCUT2D eigenvalue weighted by Gasteiger charge is -2.32. The van der Waals surface area contributed by atoms with Gasteiger partial charge in [-0.2, -0.15) is 0 Å². The van der Waals surface area contributed by atoms with E-state index in [-0.39, 0.29) is 24.0 Å². The number of aliphatic hydroxyl groups is 1. The predicted molar refractivity (Wildman–Crippen MR) is 87.4 cm³/mol. The van der Waals surface area contributed by atoms with E-state index in [2.05, 4.69) is 31.4 Å². The van der Waals surface area contributed by atoms with Crippen LogP contribution in [0.5, 0.6) is 0 Å². The Morgan fingerprint density at radius 3 is 2.57 bits per heavy atom. The van der Waals surface area contributed by atoms with Gasteiger partial charge in [0.2, 0.25) is 0 Å². The van der Waals surface area contributed by atoms with E-state index in [1.807, 2.05) is 6.92 Å². The van der Waals surface area contributed by atoms with Crippen LogP contribution in [0.25, 0.3) is 0 Å². The fraction of sp³-hybridized carbons (Fsp3) is 0.562. The van der Waals surface area contributed by atoms with Crippen LogP contribution >= 0.6 is 0 Å². The first-order chi connectivity index (χ1) is 9.79. The van der Waals surface area contributed by atoms with Gasteiger partial charge in [-0.15, -0.1) is 0 Å². The maximum atomic E-state index is 11.9. The van der Waals surface area contributed by atoms with E-state index in [9.17, 15) is 9.90 Å². The van der Waals surface area contributed by atoms with Gasteiger partial charge in [-0.25, -0.2) is 0 Å². The Bertz CT molecular complexity index is 481. The molecule has 0 bridgehead atoms. The third-order valence-corrected chi connectivity index (χ3v) is 3.45. The molecule has 118 valence electrons. The number of nitrogens with two attached hydrogens (primary N) is 1.